The number of ether oxygens (including phenoxy) is 2. The molecule has 2 amide bonds. The van der Waals surface area contributed by atoms with Crippen molar-refractivity contribution >= 4 is 11.8 Å². The van der Waals surface area contributed by atoms with Crippen LogP contribution in [0.25, 0.3) is 0 Å². The van der Waals surface area contributed by atoms with Crippen LogP contribution in [0, 0.1) is 0 Å². The summed E-state index contributed by atoms with van der Waals surface area (Å²) in [6, 6.07) is 5.51. The number of piperazine rings is 1. The first kappa shape index (κ1) is 17.5. The van der Waals surface area contributed by atoms with E-state index in [0.717, 1.165) is 18.4 Å². The molecule has 1 saturated carbocycles. The number of nitrogens with zero attached hydrogens (tertiary/aromatic N) is 1. The van der Waals surface area contributed by atoms with E-state index in [-0.39, 0.29) is 18.2 Å². The SMILES string of the molecule is COc1cc(CN2CCNC(=O)[C@H]2CC(=O)NC2CC2)cc(OC)c1. The molecule has 1 saturated heterocycles. The van der Waals surface area contributed by atoms with Gasteiger partial charge in [-0.1, -0.05) is 0 Å². The summed E-state index contributed by atoms with van der Waals surface area (Å²) in [5, 5.41) is 5.81. The topological polar surface area (TPSA) is 79.9 Å². The van der Waals surface area contributed by atoms with Crippen LogP contribution in [-0.2, 0) is 16.1 Å². The number of rotatable bonds is 7. The molecule has 2 aliphatic rings. The normalized spacial score (nSPS) is 20.7. The first-order valence-electron chi connectivity index (χ1n) is 8.62. The zero-order valence-corrected chi connectivity index (χ0v) is 14.7. The lowest BCUT2D eigenvalue weighted by Gasteiger charge is -2.34. The second-order valence-electron chi connectivity index (χ2n) is 6.54. The van der Waals surface area contributed by atoms with E-state index in [1.54, 1.807) is 14.2 Å². The van der Waals surface area contributed by atoms with Gasteiger partial charge in [0.05, 0.1) is 26.7 Å². The summed E-state index contributed by atoms with van der Waals surface area (Å²) < 4.78 is 10.6. The molecule has 1 aliphatic carbocycles. The van der Waals surface area contributed by atoms with Crippen LogP contribution in [0.2, 0.25) is 0 Å². The minimum Gasteiger partial charge on any atom is -0.497 e. The average molecular weight is 347 g/mol. The molecule has 7 nitrogen and oxygen atoms in total. The summed E-state index contributed by atoms with van der Waals surface area (Å²) in [4.78, 5) is 26.5. The first-order valence-corrected chi connectivity index (χ1v) is 8.62. The van der Waals surface area contributed by atoms with Gasteiger partial charge in [-0.2, -0.15) is 0 Å². The molecule has 2 N–H and O–H groups in total. The number of carbonyl (C=O) groups excluding carboxylic acids is 2. The van der Waals surface area contributed by atoms with E-state index in [9.17, 15) is 9.59 Å². The molecular formula is C18H25N3O4. The predicted octanol–water partition coefficient (Wildman–Crippen LogP) is 0.673. The monoisotopic (exact) mass is 347 g/mol. The molecule has 1 aromatic rings. The van der Waals surface area contributed by atoms with Gasteiger partial charge in [-0.05, 0) is 30.5 Å². The van der Waals surface area contributed by atoms with Crippen LogP contribution in [0.5, 0.6) is 11.5 Å². The van der Waals surface area contributed by atoms with Crippen molar-refractivity contribution in [2.24, 2.45) is 0 Å². The smallest absolute Gasteiger partial charge is 0.237 e. The molecule has 0 bridgehead atoms. The van der Waals surface area contributed by atoms with Crippen LogP contribution in [0.15, 0.2) is 18.2 Å². The molecule has 2 fully saturated rings. The summed E-state index contributed by atoms with van der Waals surface area (Å²) in [5.74, 6) is 1.27. The molecule has 7 heteroatoms. The maximum Gasteiger partial charge on any atom is 0.237 e. The number of amides is 2. The molecule has 1 aromatic carbocycles. The van der Waals surface area contributed by atoms with Crippen molar-refractivity contribution in [3.63, 3.8) is 0 Å². The van der Waals surface area contributed by atoms with Gasteiger partial charge in [0.25, 0.3) is 0 Å². The summed E-state index contributed by atoms with van der Waals surface area (Å²) in [5.41, 5.74) is 0.985. The minimum absolute atomic E-state index is 0.0576. The van der Waals surface area contributed by atoms with Crippen molar-refractivity contribution in [1.82, 2.24) is 15.5 Å². The summed E-state index contributed by atoms with van der Waals surface area (Å²) in [6.07, 6.45) is 2.26. The number of methoxy groups -OCH3 is 2. The Morgan fingerprint density at radius 1 is 1.24 bits per heavy atom. The van der Waals surface area contributed by atoms with E-state index in [1.807, 2.05) is 23.1 Å². The van der Waals surface area contributed by atoms with Crippen molar-refractivity contribution in [3.05, 3.63) is 23.8 Å². The summed E-state index contributed by atoms with van der Waals surface area (Å²) in [7, 11) is 3.22. The molecule has 1 atom stereocenters. The van der Waals surface area contributed by atoms with Gasteiger partial charge in [-0.25, -0.2) is 0 Å². The Kier molecular flexibility index (Phi) is 5.43. The van der Waals surface area contributed by atoms with E-state index >= 15 is 0 Å². The largest absolute Gasteiger partial charge is 0.497 e. The van der Waals surface area contributed by atoms with Crippen LogP contribution in [-0.4, -0.2) is 56.1 Å². The van der Waals surface area contributed by atoms with Crippen molar-refractivity contribution in [2.45, 2.75) is 37.9 Å². The number of benzene rings is 1. The van der Waals surface area contributed by atoms with Gasteiger partial charge in [0.15, 0.2) is 0 Å². The van der Waals surface area contributed by atoms with Crippen molar-refractivity contribution < 1.29 is 19.1 Å². The number of hydrogen-bond donors (Lipinski definition) is 2. The Labute approximate surface area is 147 Å². The van der Waals surface area contributed by atoms with Gasteiger partial charge in [0.2, 0.25) is 11.8 Å². The molecule has 1 aliphatic heterocycles. The molecular weight excluding hydrogens is 322 g/mol. The van der Waals surface area contributed by atoms with Crippen LogP contribution in [0.4, 0.5) is 0 Å². The van der Waals surface area contributed by atoms with E-state index in [1.165, 1.54) is 0 Å². The fraction of sp³-hybridized carbons (Fsp3) is 0.556. The Balaban J connectivity index is 1.71. The van der Waals surface area contributed by atoms with E-state index < -0.39 is 6.04 Å². The molecule has 0 spiro atoms. The second kappa shape index (κ2) is 7.74. The van der Waals surface area contributed by atoms with E-state index in [4.69, 9.17) is 9.47 Å². The minimum atomic E-state index is -0.454. The fourth-order valence-electron chi connectivity index (χ4n) is 3.06. The molecule has 3 rings (SSSR count). The number of carbonyl (C=O) groups is 2. The van der Waals surface area contributed by atoms with Crippen molar-refractivity contribution in [3.8, 4) is 11.5 Å². The molecule has 25 heavy (non-hydrogen) atoms. The zero-order chi connectivity index (χ0) is 17.8. The molecule has 136 valence electrons. The van der Waals surface area contributed by atoms with E-state index in [0.29, 0.717) is 37.2 Å². The van der Waals surface area contributed by atoms with Gasteiger partial charge >= 0.3 is 0 Å². The molecule has 0 radical (unpaired) electrons. The quantitative estimate of drug-likeness (QED) is 0.758. The lowest BCUT2D eigenvalue weighted by molar-refractivity contribution is -0.134. The fourth-order valence-corrected chi connectivity index (χ4v) is 3.06. The Hall–Kier alpha value is -2.28. The third kappa shape index (κ3) is 4.63. The maximum absolute atomic E-state index is 12.3. The van der Waals surface area contributed by atoms with Crippen LogP contribution in [0.3, 0.4) is 0 Å². The number of nitrogens with one attached hydrogen (secondary N) is 2. The highest BCUT2D eigenvalue weighted by molar-refractivity contribution is 5.89. The van der Waals surface area contributed by atoms with Gasteiger partial charge < -0.3 is 20.1 Å². The highest BCUT2D eigenvalue weighted by Crippen LogP contribution is 2.25. The van der Waals surface area contributed by atoms with Gasteiger partial charge in [0, 0.05) is 31.7 Å². The third-order valence-electron chi connectivity index (χ3n) is 4.56. The summed E-state index contributed by atoms with van der Waals surface area (Å²) >= 11 is 0. The third-order valence-corrected chi connectivity index (χ3v) is 4.56. The van der Waals surface area contributed by atoms with Crippen LogP contribution >= 0.6 is 0 Å². The Bertz CT molecular complexity index is 623. The average Bonchev–Trinajstić information content (AvgIpc) is 3.41. The summed E-state index contributed by atoms with van der Waals surface area (Å²) in [6.45, 7) is 1.84. The Morgan fingerprint density at radius 3 is 2.52 bits per heavy atom. The van der Waals surface area contributed by atoms with Gasteiger partial charge in [-0.15, -0.1) is 0 Å². The lowest BCUT2D eigenvalue weighted by Crippen LogP contribution is -2.56. The van der Waals surface area contributed by atoms with E-state index in [2.05, 4.69) is 10.6 Å². The van der Waals surface area contributed by atoms with Gasteiger partial charge in [0.1, 0.15) is 11.5 Å². The predicted molar refractivity (Wildman–Crippen MR) is 92.5 cm³/mol. The standard InChI is InChI=1S/C18H25N3O4/c1-24-14-7-12(8-15(9-14)25-2)11-21-6-5-19-18(23)16(21)10-17(22)20-13-3-4-13/h7-9,13,16H,3-6,10-11H2,1-2H3,(H,19,23)(H,20,22)/t16-/m1/s1. The van der Waals surface area contributed by atoms with Crippen molar-refractivity contribution in [2.75, 3.05) is 27.3 Å². The zero-order valence-electron chi connectivity index (χ0n) is 14.7. The molecule has 1 heterocycles. The maximum atomic E-state index is 12.3. The lowest BCUT2D eigenvalue weighted by atomic mass is 10.1. The first-order chi connectivity index (χ1) is 12.1. The van der Waals surface area contributed by atoms with Crippen LogP contribution < -0.4 is 20.1 Å². The Morgan fingerprint density at radius 2 is 1.92 bits per heavy atom. The second-order valence-corrected chi connectivity index (χ2v) is 6.54. The molecule has 0 aromatic heterocycles. The van der Waals surface area contributed by atoms with Crippen LogP contribution in [0.1, 0.15) is 24.8 Å². The van der Waals surface area contributed by atoms with Gasteiger partial charge in [-0.3, -0.25) is 14.5 Å². The number of hydrogen-bond acceptors (Lipinski definition) is 5. The highest BCUT2D eigenvalue weighted by atomic mass is 16.5. The highest BCUT2D eigenvalue weighted by Gasteiger charge is 2.33. The van der Waals surface area contributed by atoms with Crippen molar-refractivity contribution in [1.29, 1.82) is 0 Å². The molecule has 0 unspecified atom stereocenters.